The minimum absolute atomic E-state index is 0.130. The normalized spacial score (nSPS) is 16.4. The first-order valence-corrected chi connectivity index (χ1v) is 6.65. The fourth-order valence-corrected chi connectivity index (χ4v) is 2.16. The third-order valence-electron chi connectivity index (χ3n) is 3.20. The molecule has 100 valence electrons. The van der Waals surface area contributed by atoms with E-state index in [2.05, 4.69) is 9.98 Å². The summed E-state index contributed by atoms with van der Waals surface area (Å²) in [5.74, 6) is 0.130. The summed E-state index contributed by atoms with van der Waals surface area (Å²) in [6.07, 6.45) is 6.74. The molecule has 1 aliphatic heterocycles. The van der Waals surface area contributed by atoms with E-state index in [0.29, 0.717) is 0 Å². The molecule has 1 heterocycles. The molecule has 4 nitrogen and oxygen atoms in total. The van der Waals surface area contributed by atoms with Gasteiger partial charge in [-0.25, -0.2) is 0 Å². The van der Waals surface area contributed by atoms with Gasteiger partial charge in [0.15, 0.2) is 0 Å². The van der Waals surface area contributed by atoms with Gasteiger partial charge in [-0.2, -0.15) is 0 Å². The molecular formula is C15H19N3O. The van der Waals surface area contributed by atoms with Crippen LogP contribution in [0.25, 0.3) is 0 Å². The second-order valence-electron chi connectivity index (χ2n) is 4.59. The molecule has 0 aromatic heterocycles. The SMILES string of the molecule is CN=CC=Nc1ccc(C(=O)N2CCCCC2)cc1. The number of carbonyl (C=O) groups excluding carboxylic acids is 1. The lowest BCUT2D eigenvalue weighted by Gasteiger charge is -2.26. The molecule has 19 heavy (non-hydrogen) atoms. The van der Waals surface area contributed by atoms with Crippen LogP contribution < -0.4 is 0 Å². The first kappa shape index (κ1) is 13.5. The highest BCUT2D eigenvalue weighted by molar-refractivity contribution is 6.16. The van der Waals surface area contributed by atoms with Crippen molar-refractivity contribution in [2.24, 2.45) is 9.98 Å². The molecular weight excluding hydrogens is 238 g/mol. The number of aliphatic imine (C=N–C) groups is 2. The fourth-order valence-electron chi connectivity index (χ4n) is 2.16. The molecule has 0 unspecified atom stereocenters. The monoisotopic (exact) mass is 257 g/mol. The maximum atomic E-state index is 12.2. The molecule has 0 saturated carbocycles. The van der Waals surface area contributed by atoms with E-state index in [1.807, 2.05) is 29.2 Å². The van der Waals surface area contributed by atoms with Crippen LogP contribution in [0.2, 0.25) is 0 Å². The van der Waals surface area contributed by atoms with Crippen molar-refractivity contribution >= 4 is 24.0 Å². The van der Waals surface area contributed by atoms with E-state index in [1.165, 1.54) is 6.42 Å². The molecule has 0 aliphatic carbocycles. The lowest BCUT2D eigenvalue weighted by molar-refractivity contribution is 0.0724. The van der Waals surface area contributed by atoms with E-state index in [-0.39, 0.29) is 5.91 Å². The molecule has 1 fully saturated rings. The number of nitrogens with zero attached hydrogens (tertiary/aromatic N) is 3. The van der Waals surface area contributed by atoms with Crippen molar-refractivity contribution in [3.63, 3.8) is 0 Å². The topological polar surface area (TPSA) is 45.0 Å². The Labute approximate surface area is 113 Å². The average molecular weight is 257 g/mol. The molecule has 0 bridgehead atoms. The van der Waals surface area contributed by atoms with Gasteiger partial charge in [0.25, 0.3) is 5.91 Å². The lowest BCUT2D eigenvalue weighted by atomic mass is 10.1. The van der Waals surface area contributed by atoms with Gasteiger partial charge >= 0.3 is 0 Å². The minimum Gasteiger partial charge on any atom is -0.339 e. The summed E-state index contributed by atoms with van der Waals surface area (Å²) < 4.78 is 0. The third-order valence-corrected chi connectivity index (χ3v) is 3.20. The largest absolute Gasteiger partial charge is 0.339 e. The van der Waals surface area contributed by atoms with Crippen LogP contribution in [0.1, 0.15) is 29.6 Å². The Morgan fingerprint density at radius 3 is 2.42 bits per heavy atom. The number of rotatable bonds is 3. The molecule has 0 atom stereocenters. The van der Waals surface area contributed by atoms with Crippen LogP contribution in [0.4, 0.5) is 5.69 Å². The zero-order valence-corrected chi connectivity index (χ0v) is 11.2. The molecule has 0 radical (unpaired) electrons. The summed E-state index contributed by atoms with van der Waals surface area (Å²) in [6.45, 7) is 1.76. The number of amides is 1. The van der Waals surface area contributed by atoms with Gasteiger partial charge in [0.05, 0.1) is 5.69 Å². The van der Waals surface area contributed by atoms with Gasteiger partial charge in [-0.3, -0.25) is 14.8 Å². The molecule has 1 aromatic carbocycles. The molecule has 1 aliphatic rings. The van der Waals surface area contributed by atoms with Gasteiger partial charge in [-0.1, -0.05) is 0 Å². The molecule has 1 aromatic rings. The summed E-state index contributed by atoms with van der Waals surface area (Å²) in [5.41, 5.74) is 1.57. The Balaban J connectivity index is 2.02. The number of carbonyl (C=O) groups is 1. The zero-order valence-electron chi connectivity index (χ0n) is 11.2. The van der Waals surface area contributed by atoms with Crippen molar-refractivity contribution in [1.29, 1.82) is 0 Å². The van der Waals surface area contributed by atoms with E-state index >= 15 is 0 Å². The number of hydrogen-bond acceptors (Lipinski definition) is 3. The Bertz CT molecular complexity index is 471. The van der Waals surface area contributed by atoms with Crippen LogP contribution in [0.3, 0.4) is 0 Å². The van der Waals surface area contributed by atoms with Gasteiger partial charge in [-0.15, -0.1) is 0 Å². The molecule has 1 saturated heterocycles. The average Bonchev–Trinajstić information content (AvgIpc) is 2.48. The van der Waals surface area contributed by atoms with Crippen LogP contribution in [0, 0.1) is 0 Å². The third kappa shape index (κ3) is 3.74. The van der Waals surface area contributed by atoms with E-state index in [1.54, 1.807) is 19.5 Å². The molecule has 1 amide bonds. The second kappa shape index (κ2) is 6.83. The second-order valence-corrected chi connectivity index (χ2v) is 4.59. The minimum atomic E-state index is 0.130. The van der Waals surface area contributed by atoms with Crippen molar-refractivity contribution < 1.29 is 4.79 Å². The first-order valence-electron chi connectivity index (χ1n) is 6.65. The van der Waals surface area contributed by atoms with Crippen molar-refractivity contribution in [3.8, 4) is 0 Å². The summed E-state index contributed by atoms with van der Waals surface area (Å²) >= 11 is 0. The lowest BCUT2D eigenvalue weighted by Crippen LogP contribution is -2.35. The van der Waals surface area contributed by atoms with Gasteiger partial charge in [0.2, 0.25) is 0 Å². The zero-order chi connectivity index (χ0) is 13.5. The van der Waals surface area contributed by atoms with Crippen LogP contribution in [-0.4, -0.2) is 43.4 Å². The van der Waals surface area contributed by atoms with E-state index < -0.39 is 0 Å². The molecule has 2 rings (SSSR count). The maximum Gasteiger partial charge on any atom is 0.253 e. The Hall–Kier alpha value is -1.97. The highest BCUT2D eigenvalue weighted by Crippen LogP contribution is 2.16. The Kier molecular flexibility index (Phi) is 4.84. The summed E-state index contributed by atoms with van der Waals surface area (Å²) in [6, 6.07) is 7.40. The smallest absolute Gasteiger partial charge is 0.253 e. The van der Waals surface area contributed by atoms with Crippen LogP contribution in [0.5, 0.6) is 0 Å². The molecule has 4 heteroatoms. The van der Waals surface area contributed by atoms with Crippen LogP contribution in [-0.2, 0) is 0 Å². The predicted molar refractivity (Wildman–Crippen MR) is 78.8 cm³/mol. The van der Waals surface area contributed by atoms with Crippen LogP contribution >= 0.6 is 0 Å². The number of likely N-dealkylation sites (tertiary alicyclic amines) is 1. The first-order chi connectivity index (χ1) is 9.31. The highest BCUT2D eigenvalue weighted by atomic mass is 16.2. The summed E-state index contributed by atoms with van der Waals surface area (Å²) in [7, 11) is 1.70. The van der Waals surface area contributed by atoms with E-state index in [0.717, 1.165) is 37.2 Å². The Morgan fingerprint density at radius 2 is 1.79 bits per heavy atom. The van der Waals surface area contributed by atoms with Crippen molar-refractivity contribution in [2.45, 2.75) is 19.3 Å². The van der Waals surface area contributed by atoms with Crippen molar-refractivity contribution in [1.82, 2.24) is 4.90 Å². The van der Waals surface area contributed by atoms with Gasteiger partial charge in [0, 0.05) is 38.1 Å². The van der Waals surface area contributed by atoms with Crippen molar-refractivity contribution in [3.05, 3.63) is 29.8 Å². The highest BCUT2D eigenvalue weighted by Gasteiger charge is 2.17. The molecule has 0 N–H and O–H groups in total. The van der Waals surface area contributed by atoms with Gasteiger partial charge in [-0.05, 0) is 43.5 Å². The van der Waals surface area contributed by atoms with Gasteiger partial charge in [0.1, 0.15) is 0 Å². The standard InChI is InChI=1S/C15H19N3O/c1-16-9-10-17-14-7-5-13(6-8-14)15(19)18-11-3-2-4-12-18/h5-10H,2-4,11-12H2,1H3. The number of benzene rings is 1. The summed E-state index contributed by atoms with van der Waals surface area (Å²) in [4.78, 5) is 22.2. The van der Waals surface area contributed by atoms with E-state index in [9.17, 15) is 4.79 Å². The maximum absolute atomic E-state index is 12.2. The number of hydrogen-bond donors (Lipinski definition) is 0. The van der Waals surface area contributed by atoms with Crippen LogP contribution in [0.15, 0.2) is 34.3 Å². The Morgan fingerprint density at radius 1 is 1.11 bits per heavy atom. The van der Waals surface area contributed by atoms with E-state index in [4.69, 9.17) is 0 Å². The van der Waals surface area contributed by atoms with Crippen molar-refractivity contribution in [2.75, 3.05) is 20.1 Å². The summed E-state index contributed by atoms with van der Waals surface area (Å²) in [5, 5.41) is 0. The predicted octanol–water partition coefficient (Wildman–Crippen LogP) is 2.72. The molecule has 0 spiro atoms. The fraction of sp³-hybridized carbons (Fsp3) is 0.400. The quantitative estimate of drug-likeness (QED) is 0.768. The number of piperidine rings is 1. The van der Waals surface area contributed by atoms with Gasteiger partial charge < -0.3 is 4.90 Å².